The minimum Gasteiger partial charge on any atom is -0.368 e. The first-order valence-corrected chi connectivity index (χ1v) is 4.71. The highest BCUT2D eigenvalue weighted by Gasteiger charge is 2.16. The molecule has 0 amide bonds. The first kappa shape index (κ1) is 10.6. The minimum absolute atomic E-state index is 0.514. The van der Waals surface area contributed by atoms with E-state index in [1.54, 1.807) is 0 Å². The molecule has 0 spiro atoms. The quantitative estimate of drug-likeness (QED) is 0.774. The normalized spacial score (nSPS) is 10.8. The van der Waals surface area contributed by atoms with Crippen molar-refractivity contribution in [2.45, 2.75) is 33.2 Å². The van der Waals surface area contributed by atoms with E-state index in [1.807, 2.05) is 32.9 Å². The fraction of sp³-hybridized carbons (Fsp3) is 0.417. The lowest BCUT2D eigenvalue weighted by Gasteiger charge is -2.20. The molecule has 0 heterocycles. The lowest BCUT2D eigenvalue weighted by Crippen LogP contribution is -2.28. The predicted octanol–water partition coefficient (Wildman–Crippen LogP) is 3.02. The Labute approximate surface area is 85.6 Å². The molecule has 0 atom stereocenters. The summed E-state index contributed by atoms with van der Waals surface area (Å²) in [7, 11) is 0. The van der Waals surface area contributed by atoms with Gasteiger partial charge in [0.2, 0.25) is 0 Å². The molecule has 0 saturated carbocycles. The maximum atomic E-state index is 8.89. The fourth-order valence-corrected chi connectivity index (χ4v) is 1.32. The first-order chi connectivity index (χ1) is 6.44. The Bertz CT molecular complexity index is 372. The summed E-state index contributed by atoms with van der Waals surface area (Å²) in [6, 6.07) is 8.39. The number of nitrogens with zero attached hydrogens (tertiary/aromatic N) is 1. The van der Waals surface area contributed by atoms with Gasteiger partial charge in [-0.05, 0) is 39.3 Å². The molecule has 0 aromatic heterocycles. The molecule has 0 radical (unpaired) electrons. The van der Waals surface area contributed by atoms with Crippen molar-refractivity contribution in [1.82, 2.24) is 0 Å². The lowest BCUT2D eigenvalue weighted by molar-refractivity contribution is 0.728. The molecule has 14 heavy (non-hydrogen) atoms. The molecule has 0 aliphatic rings. The van der Waals surface area contributed by atoms with Crippen LogP contribution in [0.4, 0.5) is 5.69 Å². The summed E-state index contributed by atoms with van der Waals surface area (Å²) in [5.74, 6) is 0. The zero-order valence-corrected chi connectivity index (χ0v) is 9.18. The van der Waals surface area contributed by atoms with Crippen molar-refractivity contribution in [3.63, 3.8) is 0 Å². The van der Waals surface area contributed by atoms with Crippen LogP contribution in [0, 0.1) is 25.2 Å². The zero-order chi connectivity index (χ0) is 10.8. The molecular formula is C12H16N2. The highest BCUT2D eigenvalue weighted by molar-refractivity contribution is 5.54. The van der Waals surface area contributed by atoms with Crippen molar-refractivity contribution in [3.05, 3.63) is 29.3 Å². The molecule has 0 aliphatic heterocycles. The van der Waals surface area contributed by atoms with E-state index < -0.39 is 5.54 Å². The first-order valence-electron chi connectivity index (χ1n) is 4.71. The topological polar surface area (TPSA) is 35.8 Å². The van der Waals surface area contributed by atoms with Crippen molar-refractivity contribution < 1.29 is 0 Å². The van der Waals surface area contributed by atoms with Crippen molar-refractivity contribution >= 4 is 5.69 Å². The van der Waals surface area contributed by atoms with Crippen LogP contribution in [-0.4, -0.2) is 5.54 Å². The van der Waals surface area contributed by atoms with Gasteiger partial charge in [0.15, 0.2) is 0 Å². The third kappa shape index (κ3) is 2.50. The van der Waals surface area contributed by atoms with Gasteiger partial charge < -0.3 is 5.32 Å². The smallest absolute Gasteiger partial charge is 0.119 e. The Hall–Kier alpha value is -1.49. The average Bonchev–Trinajstić information content (AvgIpc) is 2.10. The summed E-state index contributed by atoms with van der Waals surface area (Å²) in [6.07, 6.45) is 0. The summed E-state index contributed by atoms with van der Waals surface area (Å²) in [6.45, 7) is 7.84. The van der Waals surface area contributed by atoms with Crippen LogP contribution in [0.1, 0.15) is 25.0 Å². The molecule has 0 fully saturated rings. The summed E-state index contributed by atoms with van der Waals surface area (Å²) >= 11 is 0. The second-order valence-corrected chi connectivity index (χ2v) is 4.18. The summed E-state index contributed by atoms with van der Waals surface area (Å²) in [5.41, 5.74) is 2.93. The molecule has 1 aromatic carbocycles. The monoisotopic (exact) mass is 188 g/mol. The van der Waals surface area contributed by atoms with Crippen molar-refractivity contribution in [3.8, 4) is 6.07 Å². The Balaban J connectivity index is 2.94. The van der Waals surface area contributed by atoms with Gasteiger partial charge in [-0.3, -0.25) is 0 Å². The van der Waals surface area contributed by atoms with Gasteiger partial charge in [-0.15, -0.1) is 0 Å². The largest absolute Gasteiger partial charge is 0.368 e. The van der Waals surface area contributed by atoms with Crippen LogP contribution >= 0.6 is 0 Å². The molecule has 1 rings (SSSR count). The number of benzene rings is 1. The number of nitriles is 1. The Morgan fingerprint density at radius 2 is 1.93 bits per heavy atom. The number of hydrogen-bond donors (Lipinski definition) is 1. The van der Waals surface area contributed by atoms with E-state index >= 15 is 0 Å². The second-order valence-electron chi connectivity index (χ2n) is 4.18. The molecular weight excluding hydrogens is 172 g/mol. The van der Waals surface area contributed by atoms with Crippen molar-refractivity contribution in [2.75, 3.05) is 5.32 Å². The van der Waals surface area contributed by atoms with E-state index in [4.69, 9.17) is 5.26 Å². The maximum Gasteiger partial charge on any atom is 0.119 e. The van der Waals surface area contributed by atoms with Gasteiger partial charge >= 0.3 is 0 Å². The predicted molar refractivity (Wildman–Crippen MR) is 59.2 cm³/mol. The van der Waals surface area contributed by atoms with Gasteiger partial charge in [0.1, 0.15) is 5.54 Å². The van der Waals surface area contributed by atoms with Crippen LogP contribution in [0.25, 0.3) is 0 Å². The number of nitrogens with one attached hydrogen (secondary N) is 1. The molecule has 1 aromatic rings. The number of aryl methyl sites for hydroxylation is 2. The molecule has 1 N–H and O–H groups in total. The minimum atomic E-state index is -0.514. The highest BCUT2D eigenvalue weighted by Crippen LogP contribution is 2.20. The second kappa shape index (κ2) is 3.71. The SMILES string of the molecule is Cc1ccc(NC(C)(C)C#N)c(C)c1. The molecule has 74 valence electrons. The van der Waals surface area contributed by atoms with E-state index in [0.717, 1.165) is 5.69 Å². The molecule has 2 heteroatoms. The maximum absolute atomic E-state index is 8.89. The van der Waals surface area contributed by atoms with Gasteiger partial charge in [0.05, 0.1) is 6.07 Å². The van der Waals surface area contributed by atoms with Crippen LogP contribution < -0.4 is 5.32 Å². The van der Waals surface area contributed by atoms with Crippen LogP contribution in [-0.2, 0) is 0 Å². The van der Waals surface area contributed by atoms with Gasteiger partial charge in [0, 0.05) is 5.69 Å². The lowest BCUT2D eigenvalue weighted by atomic mass is 10.1. The Morgan fingerprint density at radius 3 is 2.43 bits per heavy atom. The Morgan fingerprint density at radius 1 is 1.29 bits per heavy atom. The van der Waals surface area contributed by atoms with Gasteiger partial charge in [-0.1, -0.05) is 17.7 Å². The van der Waals surface area contributed by atoms with Crippen LogP contribution in [0.15, 0.2) is 18.2 Å². The molecule has 0 bridgehead atoms. The summed E-state index contributed by atoms with van der Waals surface area (Å²) < 4.78 is 0. The number of rotatable bonds is 2. The number of anilines is 1. The standard InChI is InChI=1S/C12H16N2/c1-9-5-6-11(10(2)7-9)14-12(3,4)8-13/h5-7,14H,1-4H3. The Kier molecular flexibility index (Phi) is 2.81. The van der Waals surface area contributed by atoms with Crippen LogP contribution in [0.5, 0.6) is 0 Å². The van der Waals surface area contributed by atoms with E-state index in [0.29, 0.717) is 0 Å². The average molecular weight is 188 g/mol. The summed E-state index contributed by atoms with van der Waals surface area (Å²) in [5, 5.41) is 12.1. The van der Waals surface area contributed by atoms with Crippen LogP contribution in [0.2, 0.25) is 0 Å². The van der Waals surface area contributed by atoms with E-state index in [-0.39, 0.29) is 0 Å². The van der Waals surface area contributed by atoms with E-state index in [1.165, 1.54) is 11.1 Å². The van der Waals surface area contributed by atoms with Crippen molar-refractivity contribution in [1.29, 1.82) is 5.26 Å². The molecule has 0 unspecified atom stereocenters. The van der Waals surface area contributed by atoms with Crippen LogP contribution in [0.3, 0.4) is 0 Å². The highest BCUT2D eigenvalue weighted by atomic mass is 15.0. The fourth-order valence-electron chi connectivity index (χ4n) is 1.32. The molecule has 2 nitrogen and oxygen atoms in total. The summed E-state index contributed by atoms with van der Waals surface area (Å²) in [4.78, 5) is 0. The zero-order valence-electron chi connectivity index (χ0n) is 9.18. The van der Waals surface area contributed by atoms with Gasteiger partial charge in [-0.2, -0.15) is 5.26 Å². The molecule has 0 aliphatic carbocycles. The molecule has 0 saturated heterocycles. The van der Waals surface area contributed by atoms with Gasteiger partial charge in [-0.25, -0.2) is 0 Å². The van der Waals surface area contributed by atoms with E-state index in [2.05, 4.69) is 24.4 Å². The van der Waals surface area contributed by atoms with Crippen molar-refractivity contribution in [2.24, 2.45) is 0 Å². The third-order valence-electron chi connectivity index (χ3n) is 2.11. The number of hydrogen-bond acceptors (Lipinski definition) is 2. The van der Waals surface area contributed by atoms with E-state index in [9.17, 15) is 0 Å². The van der Waals surface area contributed by atoms with Gasteiger partial charge in [0.25, 0.3) is 0 Å². The third-order valence-corrected chi connectivity index (χ3v) is 2.11.